The molecule has 224 valence electrons. The standard InChI is InChI=1S/C33H39NO8/c35-28-29-27(23-39-31(42-29)26-17-9-3-10-18-26)41-32(30(28)38-21-24-13-5-1-6-14-24)37-20-12-4-11-19-34-33(36)40-22-25-15-7-2-8-16-25/h1-3,5-10,13-18,27-32,35H,4,11-12,19-23H2,(H,34,36)/t27-,28+,29-,30-,31?,32-/m1/s1. The Hall–Kier alpha value is -3.31. The molecule has 42 heavy (non-hydrogen) atoms. The number of hydrogen-bond acceptors (Lipinski definition) is 8. The summed E-state index contributed by atoms with van der Waals surface area (Å²) < 4.78 is 35.9. The van der Waals surface area contributed by atoms with Gasteiger partial charge in [-0.1, -0.05) is 91.0 Å². The lowest BCUT2D eigenvalue weighted by Crippen LogP contribution is -2.62. The second kappa shape index (κ2) is 15.8. The number of benzene rings is 3. The van der Waals surface area contributed by atoms with E-state index < -0.39 is 43.1 Å². The molecule has 3 aromatic rings. The molecule has 0 spiro atoms. The van der Waals surface area contributed by atoms with E-state index in [-0.39, 0.29) is 13.2 Å². The Bertz CT molecular complexity index is 1200. The first-order chi connectivity index (χ1) is 20.7. The summed E-state index contributed by atoms with van der Waals surface area (Å²) in [7, 11) is 0. The highest BCUT2D eigenvalue weighted by molar-refractivity contribution is 5.67. The van der Waals surface area contributed by atoms with Crippen LogP contribution in [-0.2, 0) is 41.6 Å². The summed E-state index contributed by atoms with van der Waals surface area (Å²) in [6.45, 7) is 1.72. The minimum atomic E-state index is -0.973. The SMILES string of the molecule is O=C(NCCCCCO[C@@H]1O[C@@H]2COC(c3ccccc3)O[C@H]2[C@H](O)[C@H]1OCc1ccccc1)OCc1ccccc1. The molecule has 1 unspecified atom stereocenters. The highest BCUT2D eigenvalue weighted by Crippen LogP contribution is 2.35. The summed E-state index contributed by atoms with van der Waals surface area (Å²) in [6.07, 6.45) is -2.29. The van der Waals surface area contributed by atoms with Crippen molar-refractivity contribution in [2.45, 2.75) is 69.5 Å². The maximum atomic E-state index is 11.9. The summed E-state index contributed by atoms with van der Waals surface area (Å²) >= 11 is 0. The van der Waals surface area contributed by atoms with E-state index in [2.05, 4.69) is 5.32 Å². The van der Waals surface area contributed by atoms with Crippen LogP contribution >= 0.6 is 0 Å². The first-order valence-electron chi connectivity index (χ1n) is 14.5. The number of fused-ring (bicyclic) bond motifs is 1. The highest BCUT2D eigenvalue weighted by Gasteiger charge is 2.50. The quantitative estimate of drug-likeness (QED) is 0.277. The molecule has 0 saturated carbocycles. The zero-order chi connectivity index (χ0) is 29.0. The molecule has 6 atom stereocenters. The van der Waals surface area contributed by atoms with Gasteiger partial charge in [-0.2, -0.15) is 0 Å². The van der Waals surface area contributed by atoms with Crippen LogP contribution in [-0.4, -0.2) is 61.7 Å². The molecule has 0 aromatic heterocycles. The number of alkyl carbamates (subject to hydrolysis) is 1. The van der Waals surface area contributed by atoms with Crippen molar-refractivity contribution in [1.82, 2.24) is 5.32 Å². The Morgan fingerprint density at radius 2 is 1.48 bits per heavy atom. The minimum absolute atomic E-state index is 0.242. The summed E-state index contributed by atoms with van der Waals surface area (Å²) in [5.41, 5.74) is 2.80. The van der Waals surface area contributed by atoms with E-state index in [4.69, 9.17) is 28.4 Å². The van der Waals surface area contributed by atoms with Crippen molar-refractivity contribution in [1.29, 1.82) is 0 Å². The lowest BCUT2D eigenvalue weighted by atomic mass is 9.97. The summed E-state index contributed by atoms with van der Waals surface area (Å²) in [5, 5.41) is 14.2. The second-order valence-corrected chi connectivity index (χ2v) is 10.4. The van der Waals surface area contributed by atoms with Gasteiger partial charge in [-0.25, -0.2) is 4.79 Å². The number of aliphatic hydroxyl groups excluding tert-OH is 1. The molecule has 2 fully saturated rings. The van der Waals surface area contributed by atoms with Gasteiger partial charge >= 0.3 is 6.09 Å². The fraction of sp³-hybridized carbons (Fsp3) is 0.424. The number of aliphatic hydroxyl groups is 1. The largest absolute Gasteiger partial charge is 0.445 e. The van der Waals surface area contributed by atoms with Gasteiger partial charge in [0.05, 0.1) is 13.2 Å². The van der Waals surface area contributed by atoms with E-state index in [0.29, 0.717) is 19.8 Å². The summed E-state index contributed by atoms with van der Waals surface area (Å²) in [6, 6.07) is 29.0. The fourth-order valence-electron chi connectivity index (χ4n) is 4.99. The molecular weight excluding hydrogens is 538 g/mol. The number of ether oxygens (including phenoxy) is 6. The second-order valence-electron chi connectivity index (χ2n) is 10.4. The molecule has 2 aliphatic rings. The van der Waals surface area contributed by atoms with E-state index >= 15 is 0 Å². The van der Waals surface area contributed by atoms with E-state index in [1.54, 1.807) is 0 Å². The van der Waals surface area contributed by atoms with Gasteiger partial charge in [0.25, 0.3) is 0 Å². The Balaban J connectivity index is 1.08. The molecule has 5 rings (SSSR count). The van der Waals surface area contributed by atoms with Crippen LogP contribution in [0.15, 0.2) is 91.0 Å². The lowest BCUT2D eigenvalue weighted by molar-refractivity contribution is -0.367. The number of nitrogens with one attached hydrogen (secondary N) is 1. The van der Waals surface area contributed by atoms with Crippen LogP contribution in [0.4, 0.5) is 4.79 Å². The van der Waals surface area contributed by atoms with Gasteiger partial charge in [-0.05, 0) is 30.4 Å². The van der Waals surface area contributed by atoms with Crippen molar-refractivity contribution in [2.75, 3.05) is 19.8 Å². The number of unbranched alkanes of at least 4 members (excludes halogenated alkanes) is 2. The van der Waals surface area contributed by atoms with E-state index in [9.17, 15) is 9.90 Å². The molecule has 2 aliphatic heterocycles. The zero-order valence-corrected chi connectivity index (χ0v) is 23.6. The topological polar surface area (TPSA) is 105 Å². The smallest absolute Gasteiger partial charge is 0.407 e. The Kier molecular flexibility index (Phi) is 11.3. The van der Waals surface area contributed by atoms with Crippen molar-refractivity contribution in [3.8, 4) is 0 Å². The van der Waals surface area contributed by atoms with Crippen molar-refractivity contribution in [2.24, 2.45) is 0 Å². The summed E-state index contributed by atoms with van der Waals surface area (Å²) in [4.78, 5) is 11.9. The number of rotatable bonds is 13. The van der Waals surface area contributed by atoms with Crippen molar-refractivity contribution >= 4 is 6.09 Å². The average molecular weight is 578 g/mol. The first-order valence-corrected chi connectivity index (χ1v) is 14.5. The maximum Gasteiger partial charge on any atom is 0.407 e. The lowest BCUT2D eigenvalue weighted by Gasteiger charge is -2.47. The van der Waals surface area contributed by atoms with E-state index in [0.717, 1.165) is 36.0 Å². The maximum absolute atomic E-state index is 11.9. The van der Waals surface area contributed by atoms with Crippen LogP contribution in [0, 0.1) is 0 Å². The molecule has 9 heteroatoms. The molecule has 0 radical (unpaired) electrons. The monoisotopic (exact) mass is 577 g/mol. The van der Waals surface area contributed by atoms with Gasteiger partial charge in [0.15, 0.2) is 12.6 Å². The Morgan fingerprint density at radius 3 is 2.19 bits per heavy atom. The predicted octanol–water partition coefficient (Wildman–Crippen LogP) is 4.89. The van der Waals surface area contributed by atoms with Gasteiger partial charge in [0.1, 0.15) is 31.0 Å². The number of carbonyl (C=O) groups is 1. The van der Waals surface area contributed by atoms with E-state index in [1.807, 2.05) is 91.0 Å². The molecule has 2 heterocycles. The Labute approximate surface area is 246 Å². The van der Waals surface area contributed by atoms with Crippen molar-refractivity contribution in [3.05, 3.63) is 108 Å². The van der Waals surface area contributed by atoms with Crippen LogP contribution in [0.2, 0.25) is 0 Å². The van der Waals surface area contributed by atoms with Crippen LogP contribution in [0.3, 0.4) is 0 Å². The number of carbonyl (C=O) groups excluding carboxylic acids is 1. The van der Waals surface area contributed by atoms with Crippen molar-refractivity contribution < 1.29 is 38.3 Å². The van der Waals surface area contributed by atoms with E-state index in [1.165, 1.54) is 0 Å². The molecule has 9 nitrogen and oxygen atoms in total. The van der Waals surface area contributed by atoms with Crippen LogP contribution in [0.25, 0.3) is 0 Å². The summed E-state index contributed by atoms with van der Waals surface area (Å²) in [5.74, 6) is 0. The fourth-order valence-corrected chi connectivity index (χ4v) is 4.99. The van der Waals surface area contributed by atoms with Gasteiger partial charge in [-0.15, -0.1) is 0 Å². The van der Waals surface area contributed by atoms with Gasteiger partial charge < -0.3 is 38.8 Å². The highest BCUT2D eigenvalue weighted by atomic mass is 16.8. The van der Waals surface area contributed by atoms with Crippen LogP contribution in [0.5, 0.6) is 0 Å². The normalized spacial score (nSPS) is 25.4. The first kappa shape index (κ1) is 30.2. The van der Waals surface area contributed by atoms with Gasteiger partial charge in [-0.3, -0.25) is 0 Å². The third kappa shape index (κ3) is 8.61. The average Bonchev–Trinajstić information content (AvgIpc) is 3.04. The Morgan fingerprint density at radius 1 is 0.810 bits per heavy atom. The predicted molar refractivity (Wildman–Crippen MR) is 154 cm³/mol. The van der Waals surface area contributed by atoms with Crippen LogP contribution in [0.1, 0.15) is 42.2 Å². The number of amides is 1. The molecular formula is C33H39NO8. The number of hydrogen-bond donors (Lipinski definition) is 2. The third-order valence-corrected chi connectivity index (χ3v) is 7.25. The minimum Gasteiger partial charge on any atom is -0.445 e. The van der Waals surface area contributed by atoms with Crippen molar-refractivity contribution in [3.63, 3.8) is 0 Å². The van der Waals surface area contributed by atoms with Crippen LogP contribution < -0.4 is 5.32 Å². The van der Waals surface area contributed by atoms with Gasteiger partial charge in [0, 0.05) is 18.7 Å². The van der Waals surface area contributed by atoms with Gasteiger partial charge in [0.2, 0.25) is 0 Å². The molecule has 2 N–H and O–H groups in total. The zero-order valence-electron chi connectivity index (χ0n) is 23.6. The third-order valence-electron chi connectivity index (χ3n) is 7.25. The molecule has 0 aliphatic carbocycles. The molecule has 2 saturated heterocycles. The molecule has 0 bridgehead atoms. The molecule has 3 aromatic carbocycles. The molecule has 1 amide bonds.